The Kier molecular flexibility index (Phi) is 8.06. The normalized spacial score (nSPS) is 27.5. The van der Waals surface area contributed by atoms with Crippen LogP contribution in [0.2, 0.25) is 0 Å². The number of alkyl halides is 7. The summed E-state index contributed by atoms with van der Waals surface area (Å²) >= 11 is 0. The molecule has 6 nitrogen and oxygen atoms in total. The van der Waals surface area contributed by atoms with Gasteiger partial charge in [-0.25, -0.2) is 17.2 Å². The molecule has 45 heavy (non-hydrogen) atoms. The molecule has 5 rings (SSSR count). The Hall–Kier alpha value is -3.23. The summed E-state index contributed by atoms with van der Waals surface area (Å²) in [5, 5.41) is 9.46. The highest BCUT2D eigenvalue weighted by Crippen LogP contribution is 2.61. The molecule has 1 heterocycles. The number of amides is 1. The molecule has 2 aromatic rings. The van der Waals surface area contributed by atoms with Gasteiger partial charge in [-0.05, 0) is 79.3 Å². The molecule has 2 aliphatic carbocycles. The number of benzene rings is 2. The highest BCUT2D eigenvalue weighted by Gasteiger charge is 2.74. The van der Waals surface area contributed by atoms with Gasteiger partial charge in [0.25, 0.3) is 0 Å². The van der Waals surface area contributed by atoms with Gasteiger partial charge in [0.1, 0.15) is 10.6 Å². The second-order valence-electron chi connectivity index (χ2n) is 12.2. The van der Waals surface area contributed by atoms with E-state index in [1.807, 2.05) is 0 Å². The molecule has 1 aliphatic heterocycles. The van der Waals surface area contributed by atoms with Crippen molar-refractivity contribution in [2.45, 2.75) is 66.7 Å². The zero-order valence-corrected chi connectivity index (χ0v) is 24.6. The maximum Gasteiger partial charge on any atom is 0.435 e. The van der Waals surface area contributed by atoms with Gasteiger partial charge < -0.3 is 10.0 Å². The molecule has 0 radical (unpaired) electrons. The lowest BCUT2D eigenvalue weighted by Gasteiger charge is -2.44. The van der Waals surface area contributed by atoms with Gasteiger partial charge in [-0.15, -0.1) is 0 Å². The zero-order chi connectivity index (χ0) is 33.3. The monoisotopic (exact) mass is 667 g/mol. The number of piperidine rings is 1. The van der Waals surface area contributed by atoms with Crippen LogP contribution in [0.1, 0.15) is 49.3 Å². The summed E-state index contributed by atoms with van der Waals surface area (Å²) in [6.45, 7) is 1.88. The third-order valence-electron chi connectivity index (χ3n) is 9.83. The van der Waals surface area contributed by atoms with E-state index in [0.717, 1.165) is 30.3 Å². The quantitative estimate of drug-likeness (QED) is 0.298. The van der Waals surface area contributed by atoms with Crippen LogP contribution in [-0.4, -0.2) is 55.7 Å². The molecule has 1 amide bonds. The number of carboxylic acid groups (broad SMARTS) is 1. The van der Waals surface area contributed by atoms with E-state index in [0.29, 0.717) is 6.07 Å². The summed E-state index contributed by atoms with van der Waals surface area (Å²) in [5.41, 5.74) is -7.82. The first-order chi connectivity index (χ1) is 20.8. The lowest BCUT2D eigenvalue weighted by molar-refractivity contribution is -0.348. The molecule has 0 unspecified atom stereocenters. The van der Waals surface area contributed by atoms with Gasteiger partial charge in [-0.3, -0.25) is 9.59 Å². The molecule has 15 heteroatoms. The summed E-state index contributed by atoms with van der Waals surface area (Å²) in [7, 11) is -4.58. The predicted molar refractivity (Wildman–Crippen MR) is 143 cm³/mol. The summed E-state index contributed by atoms with van der Waals surface area (Å²) in [4.78, 5) is 26.6. The van der Waals surface area contributed by atoms with Crippen molar-refractivity contribution in [2.75, 3.05) is 13.1 Å². The van der Waals surface area contributed by atoms with Crippen LogP contribution in [0.15, 0.2) is 47.4 Å². The Morgan fingerprint density at radius 2 is 1.53 bits per heavy atom. The van der Waals surface area contributed by atoms with Crippen molar-refractivity contribution < 1.29 is 58.2 Å². The number of halogens is 8. The van der Waals surface area contributed by atoms with Crippen LogP contribution in [0.25, 0.3) is 0 Å². The molecule has 0 spiro atoms. The number of fused-ring (bicyclic) bond motifs is 3. The Balaban J connectivity index is 1.62. The van der Waals surface area contributed by atoms with E-state index in [1.165, 1.54) is 4.90 Å². The van der Waals surface area contributed by atoms with Crippen LogP contribution in [0, 0.1) is 29.5 Å². The fourth-order valence-electron chi connectivity index (χ4n) is 7.62. The summed E-state index contributed by atoms with van der Waals surface area (Å²) < 4.78 is 137. The van der Waals surface area contributed by atoms with E-state index in [2.05, 4.69) is 0 Å². The molecule has 2 aromatic carbocycles. The van der Waals surface area contributed by atoms with Crippen molar-refractivity contribution in [3.63, 3.8) is 0 Å². The van der Waals surface area contributed by atoms with Crippen LogP contribution in [0.5, 0.6) is 0 Å². The summed E-state index contributed by atoms with van der Waals surface area (Å²) in [6.07, 6.45) is -13.2. The Morgan fingerprint density at radius 1 is 0.911 bits per heavy atom. The smallest absolute Gasteiger partial charge is 0.435 e. The molecule has 1 N–H and O–H groups in total. The number of hydrogen-bond donors (Lipinski definition) is 1. The first-order valence-corrected chi connectivity index (χ1v) is 15.7. The number of sulfone groups is 1. The Morgan fingerprint density at radius 3 is 2.09 bits per heavy atom. The lowest BCUT2D eigenvalue weighted by atomic mass is 9.72. The van der Waals surface area contributed by atoms with E-state index in [4.69, 9.17) is 0 Å². The summed E-state index contributed by atoms with van der Waals surface area (Å²) in [5.74, 6) is -5.17. The van der Waals surface area contributed by atoms with Crippen molar-refractivity contribution in [2.24, 2.45) is 23.7 Å². The molecule has 2 fully saturated rings. The number of aliphatic carboxylic acids is 1. The van der Waals surface area contributed by atoms with Crippen LogP contribution >= 0.6 is 0 Å². The highest BCUT2D eigenvalue weighted by atomic mass is 32.2. The third kappa shape index (κ3) is 4.99. The van der Waals surface area contributed by atoms with Gasteiger partial charge in [0.15, 0.2) is 9.84 Å². The minimum absolute atomic E-state index is 0.00347. The fourth-order valence-corrected chi connectivity index (χ4v) is 10.1. The van der Waals surface area contributed by atoms with Crippen LogP contribution < -0.4 is 0 Å². The number of carbonyl (C=O) groups excluding carboxylic acids is 1. The Labute approximate surface area is 253 Å². The molecule has 1 saturated heterocycles. The van der Waals surface area contributed by atoms with E-state index < -0.39 is 79.5 Å². The standard InChI is InChI=1S/C30H29F8NO5S/c1-16-15-39(13-11-21(16)26(41)42)25(40)22-10-12-27(45(43,44)20-6-4-19(31)5-7-20)23-9-3-18(14-17(23)2-8-24(22)27)28(32,29(33,34)35)30(36,37)38/h3-7,9,14,16,21-22,24H,2,8,10-13,15H2,1H3,(H,41,42)/t16-,21-,22+,24-,27+/m0/s1. The number of likely N-dealkylation sites (tertiary alicyclic amines) is 1. The number of hydrogen-bond acceptors (Lipinski definition) is 4. The fraction of sp³-hybridized carbons (Fsp3) is 0.533. The number of nitrogens with zero attached hydrogens (tertiary/aromatic N) is 1. The van der Waals surface area contributed by atoms with Crippen LogP contribution in [0.3, 0.4) is 0 Å². The minimum Gasteiger partial charge on any atom is -0.481 e. The second-order valence-corrected chi connectivity index (χ2v) is 14.4. The largest absolute Gasteiger partial charge is 0.481 e. The molecular weight excluding hydrogens is 638 g/mol. The van der Waals surface area contributed by atoms with Crippen LogP contribution in [0.4, 0.5) is 35.1 Å². The van der Waals surface area contributed by atoms with E-state index in [1.54, 1.807) is 6.92 Å². The zero-order valence-electron chi connectivity index (χ0n) is 23.8. The predicted octanol–water partition coefficient (Wildman–Crippen LogP) is 6.33. The number of aryl methyl sites for hydroxylation is 1. The minimum atomic E-state index is -6.37. The van der Waals surface area contributed by atoms with E-state index in [-0.39, 0.29) is 67.3 Å². The maximum absolute atomic E-state index is 15.0. The number of rotatable bonds is 5. The van der Waals surface area contributed by atoms with Gasteiger partial charge in [0, 0.05) is 24.6 Å². The Bertz CT molecular complexity index is 1590. The molecule has 0 bridgehead atoms. The molecule has 246 valence electrons. The van der Waals surface area contributed by atoms with E-state index >= 15 is 4.39 Å². The molecule has 3 aliphatic rings. The molecular formula is C30H29F8NO5S. The second kappa shape index (κ2) is 10.9. The average molecular weight is 668 g/mol. The van der Waals surface area contributed by atoms with Crippen molar-refractivity contribution in [1.82, 2.24) is 4.90 Å². The van der Waals surface area contributed by atoms with Crippen molar-refractivity contribution >= 4 is 21.7 Å². The molecule has 1 saturated carbocycles. The number of carboxylic acids is 1. The van der Waals surface area contributed by atoms with Crippen molar-refractivity contribution in [3.8, 4) is 0 Å². The third-order valence-corrected chi connectivity index (χ3v) is 12.4. The van der Waals surface area contributed by atoms with Gasteiger partial charge in [0.05, 0.1) is 10.8 Å². The molecule has 5 atom stereocenters. The number of carbonyl (C=O) groups is 2. The van der Waals surface area contributed by atoms with Gasteiger partial charge in [-0.2, -0.15) is 26.3 Å². The van der Waals surface area contributed by atoms with Crippen molar-refractivity contribution in [1.29, 1.82) is 0 Å². The first-order valence-electron chi connectivity index (χ1n) is 14.3. The lowest BCUT2D eigenvalue weighted by Crippen LogP contribution is -2.51. The van der Waals surface area contributed by atoms with Crippen molar-refractivity contribution in [3.05, 3.63) is 65.0 Å². The highest BCUT2D eigenvalue weighted by molar-refractivity contribution is 7.92. The summed E-state index contributed by atoms with van der Waals surface area (Å²) in [6, 6.07) is 5.23. The maximum atomic E-state index is 15.0. The van der Waals surface area contributed by atoms with Gasteiger partial charge in [-0.1, -0.05) is 25.1 Å². The van der Waals surface area contributed by atoms with Gasteiger partial charge >= 0.3 is 24.0 Å². The van der Waals surface area contributed by atoms with Gasteiger partial charge in [0.2, 0.25) is 5.91 Å². The van der Waals surface area contributed by atoms with Crippen LogP contribution in [-0.2, 0) is 36.3 Å². The first kappa shape index (κ1) is 33.1. The molecule has 0 aromatic heterocycles. The van der Waals surface area contributed by atoms with E-state index in [9.17, 15) is 53.8 Å². The SMILES string of the molecule is C[C@H]1CN(C(=O)[C@@H]2CC[C@@]3(S(=O)(=O)c4ccc(F)cc4)c4ccc(C(F)(C(F)(F)F)C(F)(F)F)cc4CC[C@@H]23)CC[C@@H]1C(=O)O. The topological polar surface area (TPSA) is 91.8 Å². The average Bonchev–Trinajstić information content (AvgIpc) is 3.36.